The number of aromatic nitrogens is 1. The Bertz CT molecular complexity index is 398. The third-order valence-electron chi connectivity index (χ3n) is 1.66. The van der Waals surface area contributed by atoms with Crippen LogP contribution >= 0.6 is 23.7 Å². The Labute approximate surface area is 113 Å². The molecule has 0 aliphatic rings. The predicted molar refractivity (Wildman–Crippen MR) is 67.3 cm³/mol. The van der Waals surface area contributed by atoms with Crippen molar-refractivity contribution in [1.29, 1.82) is 0 Å². The molecule has 0 amide bonds. The van der Waals surface area contributed by atoms with Crippen LogP contribution in [-0.2, 0) is 9.57 Å². The van der Waals surface area contributed by atoms with Crippen molar-refractivity contribution in [1.82, 2.24) is 4.98 Å². The Morgan fingerprint density at radius 3 is 2.83 bits per heavy atom. The number of anilines is 1. The lowest BCUT2D eigenvalue weighted by Gasteiger charge is -2.04. The highest BCUT2D eigenvalue weighted by molar-refractivity contribution is 7.17. The molecule has 7 nitrogen and oxygen atoms in total. The largest absolute Gasteiger partial charge is 0.533 e. The number of rotatable bonds is 6. The second-order valence-corrected chi connectivity index (χ2v) is 4.02. The van der Waals surface area contributed by atoms with Crippen LogP contribution in [0.15, 0.2) is 6.20 Å². The number of hydrogen-bond donors (Lipinski definition) is 2. The summed E-state index contributed by atoms with van der Waals surface area (Å²) in [4.78, 5) is 29.8. The van der Waals surface area contributed by atoms with Gasteiger partial charge in [-0.3, -0.25) is 0 Å². The summed E-state index contributed by atoms with van der Waals surface area (Å²) in [6, 6.07) is 0. The Morgan fingerprint density at radius 1 is 1.56 bits per heavy atom. The normalized spacial score (nSPS) is 9.17. The van der Waals surface area contributed by atoms with E-state index in [1.165, 1.54) is 6.20 Å². The molecule has 0 bridgehead atoms. The van der Waals surface area contributed by atoms with Crippen LogP contribution in [0, 0.1) is 0 Å². The van der Waals surface area contributed by atoms with Gasteiger partial charge in [-0.15, -0.1) is 12.4 Å². The molecule has 0 spiro atoms. The molecular weight excluding hydrogens is 284 g/mol. The van der Waals surface area contributed by atoms with E-state index in [-0.39, 0.29) is 29.0 Å². The van der Waals surface area contributed by atoms with E-state index in [1.807, 2.05) is 6.92 Å². The minimum absolute atomic E-state index is 0. The van der Waals surface area contributed by atoms with Gasteiger partial charge >= 0.3 is 12.1 Å². The molecule has 1 heterocycles. The summed E-state index contributed by atoms with van der Waals surface area (Å²) < 4.78 is 4.70. The van der Waals surface area contributed by atoms with E-state index < -0.39 is 12.1 Å². The summed E-state index contributed by atoms with van der Waals surface area (Å²) in [6.45, 7) is 2.26. The lowest BCUT2D eigenvalue weighted by molar-refractivity contribution is 0.0695. The van der Waals surface area contributed by atoms with Crippen molar-refractivity contribution < 1.29 is 24.3 Å². The number of ether oxygens (including phenoxy) is 1. The summed E-state index contributed by atoms with van der Waals surface area (Å²) in [7, 11) is 0. The SMILES string of the molecule is CCCCOC(=O)ONc1ncc(C(=O)O)s1.Cl. The summed E-state index contributed by atoms with van der Waals surface area (Å²) >= 11 is 0.857. The molecule has 0 aliphatic carbocycles. The standard InChI is InChI=1S/C9H12N2O5S.ClH/c1-2-3-4-15-9(14)16-11-8-10-5-6(17-8)7(12)13;/h5H,2-4H2,1H3,(H,10,11)(H,12,13);1H. The Kier molecular flexibility index (Phi) is 7.81. The van der Waals surface area contributed by atoms with Crippen LogP contribution in [0.3, 0.4) is 0 Å². The van der Waals surface area contributed by atoms with Gasteiger partial charge in [-0.2, -0.15) is 5.48 Å². The number of carbonyl (C=O) groups excluding carboxylic acids is 1. The van der Waals surface area contributed by atoms with E-state index >= 15 is 0 Å². The van der Waals surface area contributed by atoms with Gasteiger partial charge in [0.15, 0.2) is 0 Å². The number of nitrogens with zero attached hydrogens (tertiary/aromatic N) is 1. The van der Waals surface area contributed by atoms with Gasteiger partial charge in [0, 0.05) is 0 Å². The monoisotopic (exact) mass is 296 g/mol. The zero-order chi connectivity index (χ0) is 12.7. The number of nitrogens with one attached hydrogen (secondary N) is 1. The van der Waals surface area contributed by atoms with Crippen LogP contribution in [0.25, 0.3) is 0 Å². The topological polar surface area (TPSA) is 97.8 Å². The molecule has 1 aromatic heterocycles. The van der Waals surface area contributed by atoms with Gasteiger partial charge in [-0.25, -0.2) is 14.6 Å². The van der Waals surface area contributed by atoms with Crippen LogP contribution in [0.1, 0.15) is 29.4 Å². The van der Waals surface area contributed by atoms with Crippen LogP contribution in [0.2, 0.25) is 0 Å². The summed E-state index contributed by atoms with van der Waals surface area (Å²) in [5.74, 6) is -1.08. The highest BCUT2D eigenvalue weighted by atomic mass is 35.5. The van der Waals surface area contributed by atoms with Crippen molar-refractivity contribution in [2.24, 2.45) is 0 Å². The minimum Gasteiger partial charge on any atom is -0.477 e. The molecule has 102 valence electrons. The van der Waals surface area contributed by atoms with E-state index in [9.17, 15) is 9.59 Å². The number of hydrogen-bond acceptors (Lipinski definition) is 7. The van der Waals surface area contributed by atoms with Crippen molar-refractivity contribution >= 4 is 41.0 Å². The average molecular weight is 297 g/mol. The molecule has 1 rings (SSSR count). The number of carbonyl (C=O) groups is 2. The molecule has 0 atom stereocenters. The number of halogens is 1. The number of thiazole rings is 1. The first-order valence-electron chi connectivity index (χ1n) is 4.92. The fourth-order valence-corrected chi connectivity index (χ4v) is 1.42. The van der Waals surface area contributed by atoms with Crippen LogP contribution in [0.4, 0.5) is 9.93 Å². The van der Waals surface area contributed by atoms with E-state index in [2.05, 4.69) is 15.3 Å². The molecule has 0 fully saturated rings. The van der Waals surface area contributed by atoms with Gasteiger partial charge in [0.2, 0.25) is 5.13 Å². The van der Waals surface area contributed by atoms with Gasteiger partial charge in [0.25, 0.3) is 0 Å². The number of carboxylic acids is 1. The third kappa shape index (κ3) is 5.69. The molecule has 2 N–H and O–H groups in total. The van der Waals surface area contributed by atoms with Crippen LogP contribution < -0.4 is 5.48 Å². The van der Waals surface area contributed by atoms with E-state index in [1.54, 1.807) is 0 Å². The first-order valence-corrected chi connectivity index (χ1v) is 5.74. The molecule has 0 saturated heterocycles. The molecular formula is C9H13ClN2O5S. The highest BCUT2D eigenvalue weighted by Crippen LogP contribution is 2.17. The summed E-state index contributed by atoms with van der Waals surface area (Å²) in [5.41, 5.74) is 2.22. The lowest BCUT2D eigenvalue weighted by atomic mass is 10.4. The maximum Gasteiger partial charge on any atom is 0.533 e. The molecule has 9 heteroatoms. The Morgan fingerprint density at radius 2 is 2.28 bits per heavy atom. The number of carboxylic acid groups (broad SMARTS) is 1. The number of unbranched alkanes of at least 4 members (excludes halogenated alkanes) is 1. The molecule has 0 saturated carbocycles. The molecule has 0 aliphatic heterocycles. The quantitative estimate of drug-likeness (QED) is 0.473. The van der Waals surface area contributed by atoms with E-state index in [4.69, 9.17) is 9.84 Å². The average Bonchev–Trinajstić information content (AvgIpc) is 2.75. The number of aromatic carboxylic acids is 1. The summed E-state index contributed by atoms with van der Waals surface area (Å²) in [5, 5.41) is 8.80. The minimum atomic E-state index is -1.08. The first kappa shape index (κ1) is 16.5. The highest BCUT2D eigenvalue weighted by Gasteiger charge is 2.10. The van der Waals surface area contributed by atoms with Gasteiger partial charge in [0.05, 0.1) is 12.8 Å². The zero-order valence-electron chi connectivity index (χ0n) is 9.54. The second kappa shape index (κ2) is 8.54. The van der Waals surface area contributed by atoms with E-state index in [0.29, 0.717) is 0 Å². The van der Waals surface area contributed by atoms with Crippen LogP contribution in [-0.4, -0.2) is 28.8 Å². The third-order valence-corrected chi connectivity index (χ3v) is 2.54. The predicted octanol–water partition coefficient (Wildman–Crippen LogP) is 2.54. The molecule has 0 radical (unpaired) electrons. The fraction of sp³-hybridized carbons (Fsp3) is 0.444. The fourth-order valence-electron chi connectivity index (χ4n) is 0.835. The molecule has 0 unspecified atom stereocenters. The van der Waals surface area contributed by atoms with Crippen molar-refractivity contribution in [2.75, 3.05) is 12.1 Å². The van der Waals surface area contributed by atoms with E-state index in [0.717, 1.165) is 24.2 Å². The lowest BCUT2D eigenvalue weighted by Crippen LogP contribution is -2.12. The molecule has 0 aromatic carbocycles. The Hall–Kier alpha value is -1.54. The van der Waals surface area contributed by atoms with Crippen molar-refractivity contribution in [2.45, 2.75) is 19.8 Å². The van der Waals surface area contributed by atoms with Crippen molar-refractivity contribution in [3.8, 4) is 0 Å². The van der Waals surface area contributed by atoms with Gasteiger partial charge in [-0.05, 0) is 6.42 Å². The van der Waals surface area contributed by atoms with Gasteiger partial charge in [-0.1, -0.05) is 24.7 Å². The van der Waals surface area contributed by atoms with Crippen molar-refractivity contribution in [3.63, 3.8) is 0 Å². The maximum absolute atomic E-state index is 11.0. The van der Waals surface area contributed by atoms with Gasteiger partial charge < -0.3 is 14.7 Å². The molecule has 1 aromatic rings. The molecule has 18 heavy (non-hydrogen) atoms. The smallest absolute Gasteiger partial charge is 0.477 e. The second-order valence-electron chi connectivity index (χ2n) is 2.99. The zero-order valence-corrected chi connectivity index (χ0v) is 11.2. The first-order chi connectivity index (χ1) is 8.13. The van der Waals surface area contributed by atoms with Crippen LogP contribution in [0.5, 0.6) is 0 Å². The van der Waals surface area contributed by atoms with Crippen molar-refractivity contribution in [3.05, 3.63) is 11.1 Å². The summed E-state index contributed by atoms with van der Waals surface area (Å²) in [6.07, 6.45) is 1.97. The van der Waals surface area contributed by atoms with Gasteiger partial charge in [0.1, 0.15) is 4.88 Å². The Balaban J connectivity index is 0.00000289. The maximum atomic E-state index is 11.0.